The first-order valence-electron chi connectivity index (χ1n) is 6.06. The minimum Gasteiger partial charge on any atom is -0.409 e. The molecule has 0 aliphatic carbocycles. The van der Waals surface area contributed by atoms with Crippen molar-refractivity contribution >= 4 is 5.84 Å². The molecule has 1 heterocycles. The Balaban J connectivity index is 2.13. The van der Waals surface area contributed by atoms with Crippen molar-refractivity contribution in [3.63, 3.8) is 0 Å². The second-order valence-electron chi connectivity index (χ2n) is 4.67. The molecule has 0 atom stereocenters. The molecule has 0 aromatic rings. The lowest BCUT2D eigenvalue weighted by Gasteiger charge is -2.36. The predicted octanol–water partition coefficient (Wildman–Crippen LogP) is 0.539. The number of hydrogen-bond acceptors (Lipinski definition) is 4. The Bertz CT molecular complexity index is 222. The van der Waals surface area contributed by atoms with E-state index in [0.717, 1.165) is 39.1 Å². The monoisotopic (exact) mass is 228 g/mol. The van der Waals surface area contributed by atoms with Crippen LogP contribution in [0.3, 0.4) is 0 Å². The second-order valence-corrected chi connectivity index (χ2v) is 4.67. The molecule has 0 bridgehead atoms. The van der Waals surface area contributed by atoms with Crippen LogP contribution in [0.1, 0.15) is 26.7 Å². The summed E-state index contributed by atoms with van der Waals surface area (Å²) in [6.07, 6.45) is 1.65. The maximum Gasteiger partial charge on any atom is 0.139 e. The van der Waals surface area contributed by atoms with Gasteiger partial charge in [0.05, 0.1) is 0 Å². The highest BCUT2D eigenvalue weighted by Crippen LogP contribution is 2.06. The highest BCUT2D eigenvalue weighted by atomic mass is 16.4. The lowest BCUT2D eigenvalue weighted by atomic mass is 10.2. The summed E-state index contributed by atoms with van der Waals surface area (Å²) in [5.41, 5.74) is 5.42. The minimum absolute atomic E-state index is 0.334. The summed E-state index contributed by atoms with van der Waals surface area (Å²) in [5.74, 6) is 0.334. The van der Waals surface area contributed by atoms with Gasteiger partial charge in [-0.3, -0.25) is 4.90 Å². The standard InChI is InChI=1S/C11H24N4O/c1-10(2)15-8-6-14(7-9-15)5-3-4-11(12)13-16/h10,16H,3-9H2,1-2H3,(H2,12,13). The fraction of sp³-hybridized carbons (Fsp3) is 0.909. The van der Waals surface area contributed by atoms with Gasteiger partial charge in [-0.2, -0.15) is 0 Å². The number of oxime groups is 1. The molecule has 0 radical (unpaired) electrons. The fourth-order valence-corrected chi connectivity index (χ4v) is 2.04. The zero-order valence-corrected chi connectivity index (χ0v) is 10.4. The van der Waals surface area contributed by atoms with Gasteiger partial charge in [-0.1, -0.05) is 5.16 Å². The van der Waals surface area contributed by atoms with Crippen molar-refractivity contribution < 1.29 is 5.21 Å². The van der Waals surface area contributed by atoms with Gasteiger partial charge in [0.2, 0.25) is 0 Å². The molecule has 16 heavy (non-hydrogen) atoms. The van der Waals surface area contributed by atoms with E-state index < -0.39 is 0 Å². The van der Waals surface area contributed by atoms with Crippen LogP contribution in [-0.2, 0) is 0 Å². The van der Waals surface area contributed by atoms with Crippen molar-refractivity contribution in [2.75, 3.05) is 32.7 Å². The molecule has 94 valence electrons. The molecular weight excluding hydrogens is 204 g/mol. The highest BCUT2D eigenvalue weighted by Gasteiger charge is 2.17. The van der Waals surface area contributed by atoms with Gasteiger partial charge in [-0.15, -0.1) is 0 Å². The van der Waals surface area contributed by atoms with Gasteiger partial charge in [0, 0.05) is 38.6 Å². The topological polar surface area (TPSA) is 65.1 Å². The molecule has 1 aliphatic heterocycles. The Labute approximate surface area is 97.9 Å². The summed E-state index contributed by atoms with van der Waals surface area (Å²) >= 11 is 0. The summed E-state index contributed by atoms with van der Waals surface area (Å²) in [4.78, 5) is 4.95. The number of hydrogen-bond donors (Lipinski definition) is 2. The molecule has 0 saturated carbocycles. The van der Waals surface area contributed by atoms with E-state index in [0.29, 0.717) is 18.3 Å². The van der Waals surface area contributed by atoms with Gasteiger partial charge < -0.3 is 15.8 Å². The summed E-state index contributed by atoms with van der Waals surface area (Å²) in [7, 11) is 0. The first-order valence-corrected chi connectivity index (χ1v) is 6.06. The molecule has 0 aromatic carbocycles. The van der Waals surface area contributed by atoms with Crippen LogP contribution < -0.4 is 5.73 Å². The van der Waals surface area contributed by atoms with Crippen LogP contribution in [0.4, 0.5) is 0 Å². The number of nitrogens with zero attached hydrogens (tertiary/aromatic N) is 3. The van der Waals surface area contributed by atoms with E-state index in [1.54, 1.807) is 0 Å². The number of amidine groups is 1. The van der Waals surface area contributed by atoms with Crippen LogP contribution in [-0.4, -0.2) is 59.6 Å². The third-order valence-corrected chi connectivity index (χ3v) is 3.17. The smallest absolute Gasteiger partial charge is 0.139 e. The van der Waals surface area contributed by atoms with E-state index in [9.17, 15) is 0 Å². The zero-order chi connectivity index (χ0) is 12.0. The van der Waals surface area contributed by atoms with E-state index in [4.69, 9.17) is 10.9 Å². The molecule has 1 saturated heterocycles. The molecule has 1 aliphatic rings. The molecule has 5 nitrogen and oxygen atoms in total. The molecule has 0 aromatic heterocycles. The maximum absolute atomic E-state index is 8.41. The van der Waals surface area contributed by atoms with Crippen LogP contribution in [0.5, 0.6) is 0 Å². The molecular formula is C11H24N4O. The Kier molecular flexibility index (Phi) is 5.55. The molecule has 0 amide bonds. The molecule has 3 N–H and O–H groups in total. The van der Waals surface area contributed by atoms with Gasteiger partial charge in [-0.05, 0) is 26.8 Å². The predicted molar refractivity (Wildman–Crippen MR) is 65.8 cm³/mol. The van der Waals surface area contributed by atoms with Crippen molar-refractivity contribution in [1.29, 1.82) is 0 Å². The van der Waals surface area contributed by atoms with Gasteiger partial charge in [0.1, 0.15) is 5.84 Å². The maximum atomic E-state index is 8.41. The summed E-state index contributed by atoms with van der Waals surface area (Å²) in [5, 5.41) is 11.4. The van der Waals surface area contributed by atoms with E-state index in [-0.39, 0.29) is 0 Å². The Hall–Kier alpha value is -0.810. The quantitative estimate of drug-likeness (QED) is 0.312. The van der Waals surface area contributed by atoms with E-state index in [2.05, 4.69) is 28.8 Å². The average Bonchev–Trinajstić information content (AvgIpc) is 2.29. The number of nitrogens with two attached hydrogens (primary N) is 1. The molecule has 5 heteroatoms. The molecule has 0 spiro atoms. The largest absolute Gasteiger partial charge is 0.409 e. The van der Waals surface area contributed by atoms with Crippen molar-refractivity contribution in [3.8, 4) is 0 Å². The molecule has 0 unspecified atom stereocenters. The van der Waals surface area contributed by atoms with Crippen LogP contribution in [0.25, 0.3) is 0 Å². The Morgan fingerprint density at radius 2 is 1.94 bits per heavy atom. The third-order valence-electron chi connectivity index (χ3n) is 3.17. The average molecular weight is 228 g/mol. The van der Waals surface area contributed by atoms with Crippen LogP contribution in [0.2, 0.25) is 0 Å². The lowest BCUT2D eigenvalue weighted by molar-refractivity contribution is 0.108. The lowest BCUT2D eigenvalue weighted by Crippen LogP contribution is -2.49. The van der Waals surface area contributed by atoms with E-state index >= 15 is 0 Å². The van der Waals surface area contributed by atoms with Gasteiger partial charge in [0.25, 0.3) is 0 Å². The first kappa shape index (κ1) is 13.3. The summed E-state index contributed by atoms with van der Waals surface area (Å²) in [6.45, 7) is 10.1. The zero-order valence-electron chi connectivity index (χ0n) is 10.4. The SMILES string of the molecule is CC(C)N1CCN(CCC/C(N)=N/O)CC1. The van der Waals surface area contributed by atoms with Gasteiger partial charge in [-0.25, -0.2) is 0 Å². The number of piperazine rings is 1. The summed E-state index contributed by atoms with van der Waals surface area (Å²) in [6, 6.07) is 0.652. The first-order chi connectivity index (χ1) is 7.63. The normalized spacial score (nSPS) is 20.6. The van der Waals surface area contributed by atoms with Crippen LogP contribution in [0, 0.1) is 0 Å². The second kappa shape index (κ2) is 6.70. The van der Waals surface area contributed by atoms with Crippen molar-refractivity contribution in [2.45, 2.75) is 32.7 Å². The molecule has 1 rings (SSSR count). The van der Waals surface area contributed by atoms with Gasteiger partial charge in [0.15, 0.2) is 0 Å². The fourth-order valence-electron chi connectivity index (χ4n) is 2.04. The van der Waals surface area contributed by atoms with Crippen molar-refractivity contribution in [1.82, 2.24) is 9.80 Å². The van der Waals surface area contributed by atoms with Crippen molar-refractivity contribution in [3.05, 3.63) is 0 Å². The minimum atomic E-state index is 0.334. The van der Waals surface area contributed by atoms with Crippen LogP contribution in [0.15, 0.2) is 5.16 Å². The highest BCUT2D eigenvalue weighted by molar-refractivity contribution is 5.79. The Morgan fingerprint density at radius 3 is 2.44 bits per heavy atom. The van der Waals surface area contributed by atoms with Crippen molar-refractivity contribution in [2.24, 2.45) is 10.9 Å². The summed E-state index contributed by atoms with van der Waals surface area (Å²) < 4.78 is 0. The third kappa shape index (κ3) is 4.37. The number of rotatable bonds is 5. The Morgan fingerprint density at radius 1 is 1.31 bits per heavy atom. The van der Waals surface area contributed by atoms with Gasteiger partial charge >= 0.3 is 0 Å². The molecule has 1 fully saturated rings. The van der Waals surface area contributed by atoms with E-state index in [1.807, 2.05) is 0 Å². The van der Waals surface area contributed by atoms with E-state index in [1.165, 1.54) is 0 Å². The van der Waals surface area contributed by atoms with Crippen LogP contribution >= 0.6 is 0 Å².